The smallest absolute Gasteiger partial charge is 0.270 e. The molecule has 130 valence electrons. The molecule has 1 amide bonds. The molecule has 1 N–H and O–H groups in total. The average Bonchev–Trinajstić information content (AvgIpc) is 3.21. The van der Waals surface area contributed by atoms with E-state index in [4.69, 9.17) is 0 Å². The summed E-state index contributed by atoms with van der Waals surface area (Å²) in [6.07, 6.45) is 5.31. The maximum atomic E-state index is 13.2. The minimum absolute atomic E-state index is 0.0538. The van der Waals surface area contributed by atoms with Crippen molar-refractivity contribution in [2.75, 3.05) is 6.54 Å². The number of aromatic amines is 1. The number of H-pyrrole nitrogens is 1. The van der Waals surface area contributed by atoms with Crippen molar-refractivity contribution in [1.82, 2.24) is 9.88 Å². The molecule has 0 spiro atoms. The molecule has 0 bridgehead atoms. The number of hydrogen-bond donors (Lipinski definition) is 1. The minimum Gasteiger partial charge on any atom is -0.354 e. The molecule has 1 unspecified atom stereocenters. The second-order valence-corrected chi connectivity index (χ2v) is 7.24. The number of aryl methyl sites for hydroxylation is 1. The van der Waals surface area contributed by atoms with Gasteiger partial charge in [0.1, 0.15) is 5.69 Å². The van der Waals surface area contributed by atoms with Crippen LogP contribution >= 0.6 is 0 Å². The number of likely N-dealkylation sites (tertiary alicyclic amines) is 1. The van der Waals surface area contributed by atoms with Gasteiger partial charge in [-0.05, 0) is 50.2 Å². The highest BCUT2D eigenvalue weighted by molar-refractivity contribution is 6.04. The molecule has 4 rings (SSSR count). The lowest BCUT2D eigenvalue weighted by molar-refractivity contribution is 0.0730. The van der Waals surface area contributed by atoms with E-state index in [0.29, 0.717) is 12.1 Å². The maximum absolute atomic E-state index is 13.2. The van der Waals surface area contributed by atoms with Gasteiger partial charge in [-0.25, -0.2) is 0 Å². The van der Waals surface area contributed by atoms with E-state index in [9.17, 15) is 9.59 Å². The predicted molar refractivity (Wildman–Crippen MR) is 97.0 cm³/mol. The van der Waals surface area contributed by atoms with Gasteiger partial charge in [0.05, 0.1) is 0 Å². The Labute approximate surface area is 148 Å². The SMILES string of the molecule is Cc1c(C(=O)N2CCCC2Cc2ccccc2)[nH]c2c1C(=O)CCC2. The number of nitrogens with zero attached hydrogens (tertiary/aromatic N) is 1. The van der Waals surface area contributed by atoms with Crippen molar-refractivity contribution >= 4 is 11.7 Å². The molecular weight excluding hydrogens is 312 g/mol. The van der Waals surface area contributed by atoms with E-state index in [1.807, 2.05) is 30.0 Å². The summed E-state index contributed by atoms with van der Waals surface area (Å²) in [6, 6.07) is 10.6. The summed E-state index contributed by atoms with van der Waals surface area (Å²) in [5, 5.41) is 0. The van der Waals surface area contributed by atoms with Crippen molar-refractivity contribution in [1.29, 1.82) is 0 Å². The van der Waals surface area contributed by atoms with Gasteiger partial charge in [-0.1, -0.05) is 30.3 Å². The van der Waals surface area contributed by atoms with E-state index in [2.05, 4.69) is 17.1 Å². The van der Waals surface area contributed by atoms with Crippen LogP contribution in [0.2, 0.25) is 0 Å². The Morgan fingerprint density at radius 3 is 2.76 bits per heavy atom. The lowest BCUT2D eigenvalue weighted by Gasteiger charge is -2.25. The molecule has 1 aromatic heterocycles. The molecule has 2 aromatic rings. The summed E-state index contributed by atoms with van der Waals surface area (Å²) in [5.74, 6) is 0.231. The fraction of sp³-hybridized carbons (Fsp3) is 0.429. The molecule has 1 saturated heterocycles. The number of carbonyl (C=O) groups excluding carboxylic acids is 2. The monoisotopic (exact) mass is 336 g/mol. The normalized spacial score (nSPS) is 20.0. The van der Waals surface area contributed by atoms with E-state index in [1.54, 1.807) is 0 Å². The Hall–Kier alpha value is -2.36. The van der Waals surface area contributed by atoms with Crippen LogP contribution in [0.5, 0.6) is 0 Å². The predicted octanol–water partition coefficient (Wildman–Crippen LogP) is 3.69. The first kappa shape index (κ1) is 16.1. The van der Waals surface area contributed by atoms with Crippen LogP contribution in [-0.4, -0.2) is 34.2 Å². The third-order valence-electron chi connectivity index (χ3n) is 5.60. The zero-order valence-corrected chi connectivity index (χ0v) is 14.7. The van der Waals surface area contributed by atoms with Crippen molar-refractivity contribution in [3.8, 4) is 0 Å². The summed E-state index contributed by atoms with van der Waals surface area (Å²) < 4.78 is 0. The van der Waals surface area contributed by atoms with Crippen LogP contribution in [0.25, 0.3) is 0 Å². The summed E-state index contributed by atoms with van der Waals surface area (Å²) >= 11 is 0. The third kappa shape index (κ3) is 2.90. The number of ketones is 1. The number of hydrogen-bond acceptors (Lipinski definition) is 2. The topological polar surface area (TPSA) is 53.2 Å². The fourth-order valence-corrected chi connectivity index (χ4v) is 4.33. The standard InChI is InChI=1S/C21H24N2O2/c1-14-19-17(10-5-11-18(19)24)22-20(14)21(25)23-12-6-9-16(23)13-15-7-3-2-4-8-15/h2-4,7-8,16,22H,5-6,9-13H2,1H3. The van der Waals surface area contributed by atoms with Crippen LogP contribution in [0, 0.1) is 6.92 Å². The van der Waals surface area contributed by atoms with Crippen molar-refractivity contribution in [3.05, 3.63) is 58.4 Å². The van der Waals surface area contributed by atoms with E-state index >= 15 is 0 Å². The van der Waals surface area contributed by atoms with Crippen molar-refractivity contribution in [2.24, 2.45) is 0 Å². The second kappa shape index (κ2) is 6.51. The lowest BCUT2D eigenvalue weighted by Crippen LogP contribution is -2.37. The Kier molecular flexibility index (Phi) is 4.20. The molecular formula is C21H24N2O2. The Balaban J connectivity index is 1.59. The number of carbonyl (C=O) groups is 2. The molecule has 1 aromatic carbocycles. The number of Topliss-reactive ketones (excluding diaryl/α,β-unsaturated/α-hetero) is 1. The third-order valence-corrected chi connectivity index (χ3v) is 5.60. The summed E-state index contributed by atoms with van der Waals surface area (Å²) in [5.41, 5.74) is 4.46. The minimum atomic E-state index is 0.0538. The number of fused-ring (bicyclic) bond motifs is 1. The number of aromatic nitrogens is 1. The van der Waals surface area contributed by atoms with Crippen LogP contribution in [0.15, 0.2) is 30.3 Å². The molecule has 4 nitrogen and oxygen atoms in total. The fourth-order valence-electron chi connectivity index (χ4n) is 4.33. The highest BCUT2D eigenvalue weighted by Gasteiger charge is 2.33. The van der Waals surface area contributed by atoms with Gasteiger partial charge in [-0.15, -0.1) is 0 Å². The Morgan fingerprint density at radius 2 is 2.00 bits per heavy atom. The summed E-state index contributed by atoms with van der Waals surface area (Å²) in [6.45, 7) is 2.71. The number of rotatable bonds is 3. The summed E-state index contributed by atoms with van der Waals surface area (Å²) in [7, 11) is 0. The van der Waals surface area contributed by atoms with Gasteiger partial charge >= 0.3 is 0 Å². The first-order chi connectivity index (χ1) is 12.1. The molecule has 0 radical (unpaired) electrons. The van der Waals surface area contributed by atoms with E-state index in [1.165, 1.54) is 5.56 Å². The van der Waals surface area contributed by atoms with Crippen LogP contribution in [0.3, 0.4) is 0 Å². The molecule has 1 aliphatic heterocycles. The van der Waals surface area contributed by atoms with E-state index < -0.39 is 0 Å². The van der Waals surface area contributed by atoms with Gasteiger partial charge in [0.25, 0.3) is 5.91 Å². The quantitative estimate of drug-likeness (QED) is 0.929. The largest absolute Gasteiger partial charge is 0.354 e. The number of nitrogens with one attached hydrogen (secondary N) is 1. The van der Waals surface area contributed by atoms with E-state index in [0.717, 1.165) is 55.5 Å². The van der Waals surface area contributed by atoms with Gasteiger partial charge in [-0.3, -0.25) is 9.59 Å². The van der Waals surface area contributed by atoms with Crippen LogP contribution in [-0.2, 0) is 12.8 Å². The Morgan fingerprint density at radius 1 is 1.20 bits per heavy atom. The zero-order chi connectivity index (χ0) is 17.4. The molecule has 1 fully saturated rings. The van der Waals surface area contributed by atoms with E-state index in [-0.39, 0.29) is 17.7 Å². The molecule has 25 heavy (non-hydrogen) atoms. The van der Waals surface area contributed by atoms with Gasteiger partial charge in [0, 0.05) is 30.3 Å². The first-order valence-electron chi connectivity index (χ1n) is 9.24. The van der Waals surface area contributed by atoms with Gasteiger partial charge < -0.3 is 9.88 Å². The first-order valence-corrected chi connectivity index (χ1v) is 9.24. The highest BCUT2D eigenvalue weighted by Crippen LogP contribution is 2.29. The van der Waals surface area contributed by atoms with Gasteiger partial charge in [0.15, 0.2) is 5.78 Å². The highest BCUT2D eigenvalue weighted by atomic mass is 16.2. The second-order valence-electron chi connectivity index (χ2n) is 7.24. The molecule has 1 atom stereocenters. The van der Waals surface area contributed by atoms with Crippen LogP contribution < -0.4 is 0 Å². The molecule has 0 saturated carbocycles. The summed E-state index contributed by atoms with van der Waals surface area (Å²) in [4.78, 5) is 30.7. The van der Waals surface area contributed by atoms with Crippen molar-refractivity contribution < 1.29 is 9.59 Å². The molecule has 2 heterocycles. The van der Waals surface area contributed by atoms with Crippen LogP contribution in [0.4, 0.5) is 0 Å². The maximum Gasteiger partial charge on any atom is 0.270 e. The number of amides is 1. The van der Waals surface area contributed by atoms with Crippen LogP contribution in [0.1, 0.15) is 63.4 Å². The van der Waals surface area contributed by atoms with Crippen molar-refractivity contribution in [2.45, 2.75) is 51.5 Å². The average molecular weight is 336 g/mol. The number of benzene rings is 1. The zero-order valence-electron chi connectivity index (χ0n) is 14.7. The molecule has 1 aliphatic carbocycles. The Bertz CT molecular complexity index is 807. The molecule has 4 heteroatoms. The van der Waals surface area contributed by atoms with Gasteiger partial charge in [0.2, 0.25) is 0 Å². The van der Waals surface area contributed by atoms with Crippen molar-refractivity contribution in [3.63, 3.8) is 0 Å². The lowest BCUT2D eigenvalue weighted by atomic mass is 9.93. The van der Waals surface area contributed by atoms with Gasteiger partial charge in [-0.2, -0.15) is 0 Å². The molecule has 2 aliphatic rings.